The second-order valence-corrected chi connectivity index (χ2v) is 4.21. The predicted molar refractivity (Wildman–Crippen MR) is 66.7 cm³/mol. The second kappa shape index (κ2) is 6.08. The molecule has 0 unspecified atom stereocenters. The molecule has 0 fully saturated rings. The maximum absolute atomic E-state index is 12.4. The van der Waals surface area contributed by atoms with E-state index in [9.17, 15) is 13.6 Å². The number of carbonyl (C=O) groups excluding carboxylic acids is 1. The van der Waals surface area contributed by atoms with Gasteiger partial charge in [-0.3, -0.25) is 4.79 Å². The number of pyridine rings is 1. The van der Waals surface area contributed by atoms with E-state index in [1.165, 1.54) is 0 Å². The molecule has 0 bridgehead atoms. The Labute approximate surface area is 111 Å². The van der Waals surface area contributed by atoms with Gasteiger partial charge in [0, 0.05) is 11.3 Å². The van der Waals surface area contributed by atoms with E-state index in [0.717, 1.165) is 6.07 Å². The van der Waals surface area contributed by atoms with E-state index in [0.29, 0.717) is 9.26 Å². The standard InChI is InChI=1S/C10H11F2IN2O2/c1-2-17-8(16)3-5-6(14)4-7(9(11)12)15-10(5)13/h4,9H,2-3H2,1H3,(H2,14,15). The monoisotopic (exact) mass is 356 g/mol. The smallest absolute Gasteiger partial charge is 0.310 e. The van der Waals surface area contributed by atoms with Gasteiger partial charge in [-0.2, -0.15) is 0 Å². The molecule has 0 saturated heterocycles. The first-order valence-corrected chi connectivity index (χ1v) is 5.92. The summed E-state index contributed by atoms with van der Waals surface area (Å²) in [5.74, 6) is -0.455. The molecule has 0 atom stereocenters. The Bertz CT molecular complexity index is 404. The fourth-order valence-electron chi connectivity index (χ4n) is 1.22. The number of rotatable bonds is 4. The van der Waals surface area contributed by atoms with Crippen LogP contribution < -0.4 is 5.73 Å². The lowest BCUT2D eigenvalue weighted by molar-refractivity contribution is -0.142. The van der Waals surface area contributed by atoms with Crippen molar-refractivity contribution in [2.24, 2.45) is 0 Å². The van der Waals surface area contributed by atoms with Gasteiger partial charge in [0.05, 0.1) is 13.0 Å². The first kappa shape index (κ1) is 14.1. The number of hydrogen-bond acceptors (Lipinski definition) is 4. The van der Waals surface area contributed by atoms with Gasteiger partial charge in [0.25, 0.3) is 6.43 Å². The second-order valence-electron chi connectivity index (χ2n) is 3.19. The minimum absolute atomic E-state index is 0.0610. The lowest BCUT2D eigenvalue weighted by atomic mass is 10.1. The normalized spacial score (nSPS) is 10.6. The van der Waals surface area contributed by atoms with Crippen LogP contribution in [-0.2, 0) is 16.0 Å². The van der Waals surface area contributed by atoms with Crippen LogP contribution in [0.3, 0.4) is 0 Å². The third-order valence-electron chi connectivity index (χ3n) is 1.98. The van der Waals surface area contributed by atoms with Crippen molar-refractivity contribution in [3.63, 3.8) is 0 Å². The molecule has 4 nitrogen and oxygen atoms in total. The molecule has 1 heterocycles. The minimum atomic E-state index is -2.68. The van der Waals surface area contributed by atoms with Gasteiger partial charge in [-0.05, 0) is 35.6 Å². The minimum Gasteiger partial charge on any atom is -0.466 e. The van der Waals surface area contributed by atoms with E-state index in [1.54, 1.807) is 29.5 Å². The van der Waals surface area contributed by atoms with Gasteiger partial charge >= 0.3 is 5.97 Å². The van der Waals surface area contributed by atoms with Crippen molar-refractivity contribution in [2.45, 2.75) is 19.8 Å². The Kier molecular flexibility index (Phi) is 5.03. The van der Waals surface area contributed by atoms with Crippen LogP contribution in [-0.4, -0.2) is 17.6 Å². The molecule has 7 heteroatoms. The van der Waals surface area contributed by atoms with Crippen molar-refractivity contribution in [3.05, 3.63) is 21.0 Å². The lowest BCUT2D eigenvalue weighted by Gasteiger charge is -2.09. The Balaban J connectivity index is 2.97. The summed E-state index contributed by atoms with van der Waals surface area (Å²) in [6.07, 6.45) is -2.74. The highest BCUT2D eigenvalue weighted by Gasteiger charge is 2.17. The number of anilines is 1. The van der Waals surface area contributed by atoms with Crippen molar-refractivity contribution >= 4 is 34.2 Å². The molecule has 94 valence electrons. The maximum Gasteiger partial charge on any atom is 0.310 e. The van der Waals surface area contributed by atoms with Crippen molar-refractivity contribution < 1.29 is 18.3 Å². The fourth-order valence-corrected chi connectivity index (χ4v) is 2.00. The highest BCUT2D eigenvalue weighted by Crippen LogP contribution is 2.25. The van der Waals surface area contributed by atoms with Crippen molar-refractivity contribution in [3.8, 4) is 0 Å². The number of aromatic nitrogens is 1. The van der Waals surface area contributed by atoms with Crippen LogP contribution in [0.15, 0.2) is 6.07 Å². The van der Waals surface area contributed by atoms with Gasteiger partial charge in [0.1, 0.15) is 9.39 Å². The largest absolute Gasteiger partial charge is 0.466 e. The molecule has 0 radical (unpaired) electrons. The molecule has 0 aliphatic carbocycles. The number of carbonyl (C=O) groups is 1. The van der Waals surface area contributed by atoms with Crippen molar-refractivity contribution in [1.82, 2.24) is 4.98 Å². The SMILES string of the molecule is CCOC(=O)Cc1c(N)cc(C(F)F)nc1I. The van der Waals surface area contributed by atoms with Gasteiger partial charge in [0.15, 0.2) is 0 Å². The summed E-state index contributed by atoms with van der Waals surface area (Å²) in [5, 5.41) is 0. The van der Waals surface area contributed by atoms with Crippen LogP contribution in [0.2, 0.25) is 0 Å². The van der Waals surface area contributed by atoms with Gasteiger partial charge in [-0.25, -0.2) is 13.8 Å². The van der Waals surface area contributed by atoms with E-state index >= 15 is 0 Å². The van der Waals surface area contributed by atoms with Crippen molar-refractivity contribution in [2.75, 3.05) is 12.3 Å². The zero-order valence-corrected chi connectivity index (χ0v) is 11.2. The fraction of sp³-hybridized carbons (Fsp3) is 0.400. The molecule has 17 heavy (non-hydrogen) atoms. The number of nitrogen functional groups attached to an aromatic ring is 1. The van der Waals surface area contributed by atoms with Gasteiger partial charge in [-0.1, -0.05) is 0 Å². The average molecular weight is 356 g/mol. The summed E-state index contributed by atoms with van der Waals surface area (Å²) in [7, 11) is 0. The molecule has 1 aromatic heterocycles. The zero-order valence-electron chi connectivity index (χ0n) is 9.04. The highest BCUT2D eigenvalue weighted by atomic mass is 127. The molecular formula is C10H11F2IN2O2. The summed E-state index contributed by atoms with van der Waals surface area (Å²) in [6.45, 7) is 1.95. The molecule has 0 aliphatic heterocycles. The Morgan fingerprint density at radius 1 is 1.65 bits per heavy atom. The van der Waals surface area contributed by atoms with E-state index in [2.05, 4.69) is 4.98 Å². The molecule has 1 aromatic rings. The van der Waals surface area contributed by atoms with Gasteiger partial charge in [0.2, 0.25) is 0 Å². The summed E-state index contributed by atoms with van der Waals surface area (Å²) in [4.78, 5) is 15.0. The molecule has 1 rings (SSSR count). The van der Waals surface area contributed by atoms with Gasteiger partial charge < -0.3 is 10.5 Å². The Morgan fingerprint density at radius 2 is 2.29 bits per heavy atom. The Hall–Kier alpha value is -0.990. The molecule has 2 N–H and O–H groups in total. The van der Waals surface area contributed by atoms with Crippen LogP contribution in [0.1, 0.15) is 24.6 Å². The summed E-state index contributed by atoms with van der Waals surface area (Å²) in [5.41, 5.74) is 5.79. The van der Waals surface area contributed by atoms with Crippen LogP contribution in [0.5, 0.6) is 0 Å². The average Bonchev–Trinajstić information content (AvgIpc) is 2.23. The molecule has 0 saturated carbocycles. The topological polar surface area (TPSA) is 65.2 Å². The molecule has 0 aromatic carbocycles. The molecule has 0 spiro atoms. The maximum atomic E-state index is 12.4. The number of nitrogens with zero attached hydrogens (tertiary/aromatic N) is 1. The summed E-state index contributed by atoms with van der Waals surface area (Å²) >= 11 is 1.77. The van der Waals surface area contributed by atoms with Crippen LogP contribution in [0.4, 0.5) is 14.5 Å². The zero-order chi connectivity index (χ0) is 13.0. The predicted octanol–water partition coefficient (Wildman–Crippen LogP) is 2.31. The summed E-state index contributed by atoms with van der Waals surface area (Å²) in [6, 6.07) is 1.08. The highest BCUT2D eigenvalue weighted by molar-refractivity contribution is 14.1. The first-order valence-electron chi connectivity index (χ1n) is 4.84. The third-order valence-corrected chi connectivity index (χ3v) is 2.87. The number of esters is 1. The van der Waals surface area contributed by atoms with E-state index in [4.69, 9.17) is 10.5 Å². The number of hydrogen-bond donors (Lipinski definition) is 1. The van der Waals surface area contributed by atoms with Crippen LogP contribution in [0, 0.1) is 3.70 Å². The van der Waals surface area contributed by atoms with Crippen LogP contribution in [0.25, 0.3) is 0 Å². The number of ether oxygens (including phenoxy) is 1. The van der Waals surface area contributed by atoms with E-state index < -0.39 is 12.4 Å². The van der Waals surface area contributed by atoms with E-state index in [1.807, 2.05) is 0 Å². The molecular weight excluding hydrogens is 345 g/mol. The lowest BCUT2D eigenvalue weighted by Crippen LogP contribution is -2.12. The van der Waals surface area contributed by atoms with Crippen LogP contribution >= 0.6 is 22.6 Å². The number of nitrogens with two attached hydrogens (primary N) is 1. The first-order chi connectivity index (χ1) is 7.95. The number of halogens is 3. The summed E-state index contributed by atoms with van der Waals surface area (Å²) < 4.78 is 29.9. The van der Waals surface area contributed by atoms with E-state index in [-0.39, 0.29) is 24.4 Å². The number of alkyl halides is 2. The van der Waals surface area contributed by atoms with Gasteiger partial charge in [-0.15, -0.1) is 0 Å². The molecule has 0 aliphatic rings. The Morgan fingerprint density at radius 3 is 2.76 bits per heavy atom. The third kappa shape index (κ3) is 3.76. The quantitative estimate of drug-likeness (QED) is 0.511. The molecule has 0 amide bonds. The van der Waals surface area contributed by atoms with Crippen molar-refractivity contribution in [1.29, 1.82) is 0 Å².